The molecule has 0 atom stereocenters. The number of hydrogen-bond donors (Lipinski definition) is 1. The third kappa shape index (κ3) is 4.28. The average molecular weight is 341 g/mol. The Morgan fingerprint density at radius 1 is 1.28 bits per heavy atom. The topological polar surface area (TPSA) is 43.1 Å². The maximum absolute atomic E-state index is 14.9. The highest BCUT2D eigenvalue weighted by molar-refractivity contribution is 5.93. The molecule has 0 bridgehead atoms. The van der Waals surface area contributed by atoms with Crippen molar-refractivity contribution in [2.45, 2.75) is 53.9 Å². The summed E-state index contributed by atoms with van der Waals surface area (Å²) in [6.45, 7) is 10.2. The number of carbonyl (C=O) groups is 1. The first-order valence-corrected chi connectivity index (χ1v) is 8.79. The lowest BCUT2D eigenvalue weighted by Crippen LogP contribution is -2.19. The smallest absolute Gasteiger partial charge is 0.248 e. The summed E-state index contributed by atoms with van der Waals surface area (Å²) in [5, 5.41) is 0. The first-order chi connectivity index (χ1) is 11.6. The normalized spacial score (nSPS) is 18.5. The molecule has 0 unspecified atom stereocenters. The van der Waals surface area contributed by atoms with Gasteiger partial charge in [-0.1, -0.05) is 37.6 Å². The molecule has 3 heteroatoms. The van der Waals surface area contributed by atoms with Gasteiger partial charge < -0.3 is 5.73 Å². The summed E-state index contributed by atoms with van der Waals surface area (Å²) in [7, 11) is 0. The van der Waals surface area contributed by atoms with Gasteiger partial charge in [0.05, 0.1) is 0 Å². The van der Waals surface area contributed by atoms with Crippen LogP contribution in [0.4, 0.5) is 4.39 Å². The van der Waals surface area contributed by atoms with Crippen LogP contribution in [0.2, 0.25) is 0 Å². The lowest BCUT2D eigenvalue weighted by molar-refractivity contribution is 0.1000. The summed E-state index contributed by atoms with van der Waals surface area (Å²) in [6, 6.07) is 4.82. The first kappa shape index (κ1) is 19.2. The predicted molar refractivity (Wildman–Crippen MR) is 103 cm³/mol. The molecule has 0 saturated carbocycles. The van der Waals surface area contributed by atoms with Gasteiger partial charge in [-0.05, 0) is 74.3 Å². The van der Waals surface area contributed by atoms with Crippen molar-refractivity contribution in [3.8, 4) is 0 Å². The molecular formula is C22H28FNO. The Morgan fingerprint density at radius 3 is 2.52 bits per heavy atom. The average Bonchev–Trinajstić information content (AvgIpc) is 2.52. The maximum atomic E-state index is 14.9. The highest BCUT2D eigenvalue weighted by Gasteiger charge is 2.26. The lowest BCUT2D eigenvalue weighted by atomic mass is 9.72. The Balaban J connectivity index is 2.35. The molecule has 0 spiro atoms. The van der Waals surface area contributed by atoms with Crippen molar-refractivity contribution in [3.63, 3.8) is 0 Å². The molecule has 0 aromatic heterocycles. The number of rotatable bonds is 4. The number of halogens is 1. The summed E-state index contributed by atoms with van der Waals surface area (Å²) in [5.74, 6) is -0.769. The van der Waals surface area contributed by atoms with Crippen molar-refractivity contribution in [1.29, 1.82) is 0 Å². The molecule has 134 valence electrons. The summed E-state index contributed by atoms with van der Waals surface area (Å²) >= 11 is 0. The summed E-state index contributed by atoms with van der Waals surface area (Å²) in [5.41, 5.74) is 10.3. The highest BCUT2D eigenvalue weighted by atomic mass is 19.1. The second-order valence-electron chi connectivity index (χ2n) is 7.66. The van der Waals surface area contributed by atoms with Crippen LogP contribution in [0.5, 0.6) is 0 Å². The number of nitrogens with two attached hydrogens (primary N) is 1. The van der Waals surface area contributed by atoms with Crippen LogP contribution in [0.3, 0.4) is 0 Å². The minimum atomic E-state index is -0.502. The van der Waals surface area contributed by atoms with Gasteiger partial charge in [0.25, 0.3) is 0 Å². The van der Waals surface area contributed by atoms with Crippen LogP contribution < -0.4 is 5.73 Å². The van der Waals surface area contributed by atoms with E-state index in [9.17, 15) is 9.18 Å². The van der Waals surface area contributed by atoms with Gasteiger partial charge in [-0.25, -0.2) is 4.39 Å². The number of aryl methyl sites for hydroxylation is 1. The minimum absolute atomic E-state index is 0.134. The van der Waals surface area contributed by atoms with E-state index in [1.807, 2.05) is 6.08 Å². The van der Waals surface area contributed by atoms with Crippen molar-refractivity contribution in [2.75, 3.05) is 0 Å². The van der Waals surface area contributed by atoms with E-state index in [4.69, 9.17) is 5.73 Å². The van der Waals surface area contributed by atoms with E-state index in [2.05, 4.69) is 26.8 Å². The number of benzene rings is 1. The quantitative estimate of drug-likeness (QED) is 0.683. The Kier molecular flexibility index (Phi) is 5.66. The van der Waals surface area contributed by atoms with Gasteiger partial charge in [0.1, 0.15) is 5.83 Å². The molecule has 0 heterocycles. The van der Waals surface area contributed by atoms with Crippen molar-refractivity contribution < 1.29 is 9.18 Å². The van der Waals surface area contributed by atoms with Gasteiger partial charge in [-0.15, -0.1) is 0 Å². The summed E-state index contributed by atoms with van der Waals surface area (Å²) in [4.78, 5) is 11.2. The number of allylic oxidation sites excluding steroid dienone is 5. The number of amides is 1. The molecule has 1 amide bonds. The fourth-order valence-corrected chi connectivity index (χ4v) is 3.57. The van der Waals surface area contributed by atoms with E-state index in [1.165, 1.54) is 17.6 Å². The molecule has 1 aromatic rings. The second-order valence-corrected chi connectivity index (χ2v) is 7.66. The van der Waals surface area contributed by atoms with Crippen molar-refractivity contribution in [1.82, 2.24) is 0 Å². The molecule has 0 fully saturated rings. The minimum Gasteiger partial charge on any atom is -0.366 e. The molecule has 1 aromatic carbocycles. The molecule has 0 radical (unpaired) electrons. The van der Waals surface area contributed by atoms with E-state index >= 15 is 0 Å². The zero-order valence-electron chi connectivity index (χ0n) is 15.9. The van der Waals surface area contributed by atoms with Gasteiger partial charge in [0, 0.05) is 11.1 Å². The molecule has 1 aliphatic carbocycles. The van der Waals surface area contributed by atoms with Crippen LogP contribution in [-0.4, -0.2) is 5.91 Å². The third-order valence-corrected chi connectivity index (χ3v) is 5.14. The predicted octanol–water partition coefficient (Wildman–Crippen LogP) is 5.88. The van der Waals surface area contributed by atoms with Crippen LogP contribution >= 0.6 is 0 Å². The number of hydrogen-bond acceptors (Lipinski definition) is 1. The Morgan fingerprint density at radius 2 is 1.96 bits per heavy atom. The van der Waals surface area contributed by atoms with Gasteiger partial charge >= 0.3 is 0 Å². The zero-order valence-corrected chi connectivity index (χ0v) is 15.9. The molecule has 0 aliphatic heterocycles. The van der Waals surface area contributed by atoms with Crippen LogP contribution in [0.1, 0.15) is 68.4 Å². The molecule has 2 nitrogen and oxygen atoms in total. The van der Waals surface area contributed by atoms with Crippen molar-refractivity contribution in [3.05, 3.63) is 63.8 Å². The van der Waals surface area contributed by atoms with Gasteiger partial charge in [-0.2, -0.15) is 0 Å². The van der Waals surface area contributed by atoms with Crippen LogP contribution in [0, 0.1) is 12.3 Å². The lowest BCUT2D eigenvalue weighted by Gasteiger charge is -2.33. The SMILES string of the molecule is CC1=C(/C=C/C(C)=C(\F)c2ccc(C(N)=O)cc2C)C(C)(C)CCC1. The molecular weight excluding hydrogens is 313 g/mol. The largest absolute Gasteiger partial charge is 0.366 e. The molecule has 25 heavy (non-hydrogen) atoms. The van der Waals surface area contributed by atoms with Gasteiger partial charge in [0.2, 0.25) is 5.91 Å². The van der Waals surface area contributed by atoms with Gasteiger partial charge in [0.15, 0.2) is 0 Å². The van der Waals surface area contributed by atoms with Crippen molar-refractivity contribution in [2.24, 2.45) is 11.1 Å². The fourth-order valence-electron chi connectivity index (χ4n) is 3.57. The first-order valence-electron chi connectivity index (χ1n) is 8.79. The standard InChI is InChI=1S/C22H28FNO/c1-14-7-6-12-22(4,5)19(14)11-8-15(2)20(23)18-10-9-17(21(24)25)13-16(18)3/h8-11,13H,6-7,12H2,1-5H3,(H2,24,25)/b11-8+,20-15-. The van der Waals surface area contributed by atoms with E-state index in [1.54, 1.807) is 32.0 Å². The Labute approximate surface area is 150 Å². The number of carbonyl (C=O) groups excluding carboxylic acids is 1. The highest BCUT2D eigenvalue weighted by Crippen LogP contribution is 2.41. The van der Waals surface area contributed by atoms with E-state index < -0.39 is 5.91 Å². The second kappa shape index (κ2) is 7.38. The van der Waals surface area contributed by atoms with Crippen LogP contribution in [0.25, 0.3) is 5.83 Å². The number of primary amides is 1. The van der Waals surface area contributed by atoms with E-state index in [0.717, 1.165) is 12.8 Å². The fraction of sp³-hybridized carbons (Fsp3) is 0.409. The zero-order chi connectivity index (χ0) is 18.8. The molecule has 2 rings (SSSR count). The molecule has 2 N–H and O–H groups in total. The van der Waals surface area contributed by atoms with Gasteiger partial charge in [-0.3, -0.25) is 4.79 Å². The van der Waals surface area contributed by atoms with E-state index in [0.29, 0.717) is 22.3 Å². The Hall–Kier alpha value is -2.16. The monoisotopic (exact) mass is 341 g/mol. The maximum Gasteiger partial charge on any atom is 0.248 e. The molecule has 1 aliphatic rings. The third-order valence-electron chi connectivity index (χ3n) is 5.14. The van der Waals surface area contributed by atoms with Crippen LogP contribution in [-0.2, 0) is 0 Å². The van der Waals surface area contributed by atoms with E-state index in [-0.39, 0.29) is 11.2 Å². The van der Waals surface area contributed by atoms with Crippen LogP contribution in [0.15, 0.2) is 47.1 Å². The Bertz CT molecular complexity index is 781. The molecule has 0 saturated heterocycles. The summed E-state index contributed by atoms with van der Waals surface area (Å²) < 4.78 is 14.9. The van der Waals surface area contributed by atoms with Crippen molar-refractivity contribution >= 4 is 11.7 Å². The summed E-state index contributed by atoms with van der Waals surface area (Å²) in [6.07, 6.45) is 7.41.